The van der Waals surface area contributed by atoms with Crippen molar-refractivity contribution < 1.29 is 14.1 Å². The molecule has 2 aromatic carbocycles. The number of nitrogens with one attached hydrogen (secondary N) is 3. The summed E-state index contributed by atoms with van der Waals surface area (Å²) in [7, 11) is 1.53. The van der Waals surface area contributed by atoms with Crippen molar-refractivity contribution in [2.75, 3.05) is 48.4 Å². The standard InChI is InChI=1S/C34H43N7O3S/c1-8-41-15-13-22(14-16-41)25-11-12-26-30(37-25)32(36-20-35-26)38-27-17-23(10-9-21(27)2)33(42)39-28-18-24(34(3,4)5)19-29(31(28)44-6)40-45(7)43/h9-12,17-20,22,40H,8,13-16H2,1-7H3,(H,39,42)(H,35,36,38). The number of rotatable bonds is 9. The van der Waals surface area contributed by atoms with E-state index in [2.05, 4.69) is 64.0 Å². The zero-order valence-corrected chi connectivity index (χ0v) is 28.0. The van der Waals surface area contributed by atoms with E-state index >= 15 is 0 Å². The summed E-state index contributed by atoms with van der Waals surface area (Å²) in [6, 6.07) is 13.4. The number of ether oxygens (including phenoxy) is 1. The number of aromatic nitrogens is 3. The first-order valence-corrected chi connectivity index (χ1v) is 16.9. The van der Waals surface area contributed by atoms with E-state index in [9.17, 15) is 9.35 Å². The summed E-state index contributed by atoms with van der Waals surface area (Å²) < 4.78 is 20.7. The number of piperidine rings is 1. The van der Waals surface area contributed by atoms with Crippen LogP contribution in [0.25, 0.3) is 11.0 Å². The predicted molar refractivity (Wildman–Crippen MR) is 183 cm³/mol. The quantitative estimate of drug-likeness (QED) is 0.177. The number of carbonyl (C=O) groups is 1. The number of benzene rings is 2. The number of hydrogen-bond donors (Lipinski definition) is 3. The Bertz CT molecular complexity index is 1680. The molecule has 1 saturated heterocycles. The molecular weight excluding hydrogens is 586 g/mol. The minimum atomic E-state index is -1.33. The molecule has 5 rings (SSSR count). The van der Waals surface area contributed by atoms with Gasteiger partial charge in [-0.2, -0.15) is 0 Å². The smallest absolute Gasteiger partial charge is 0.255 e. The number of methoxy groups -OCH3 is 1. The lowest BCUT2D eigenvalue weighted by molar-refractivity contribution is 0.102. The number of fused-ring (bicyclic) bond motifs is 1. The van der Waals surface area contributed by atoms with Gasteiger partial charge in [-0.3, -0.25) is 4.79 Å². The van der Waals surface area contributed by atoms with Crippen LogP contribution in [0.5, 0.6) is 5.75 Å². The first-order valence-electron chi connectivity index (χ1n) is 15.3. The van der Waals surface area contributed by atoms with Crippen molar-refractivity contribution in [2.45, 2.75) is 58.8 Å². The molecule has 238 valence electrons. The molecule has 45 heavy (non-hydrogen) atoms. The second-order valence-electron chi connectivity index (χ2n) is 12.6. The molecule has 1 aliphatic heterocycles. The second kappa shape index (κ2) is 13.6. The zero-order valence-electron chi connectivity index (χ0n) is 27.2. The summed E-state index contributed by atoms with van der Waals surface area (Å²) in [6.45, 7) is 13.6. The van der Waals surface area contributed by atoms with Crippen LogP contribution in [0.1, 0.15) is 73.6 Å². The van der Waals surface area contributed by atoms with Crippen molar-refractivity contribution in [1.29, 1.82) is 0 Å². The Morgan fingerprint density at radius 3 is 2.47 bits per heavy atom. The Morgan fingerprint density at radius 2 is 1.80 bits per heavy atom. The van der Waals surface area contributed by atoms with Gasteiger partial charge in [0.25, 0.3) is 5.91 Å². The number of amides is 1. The Labute approximate surface area is 268 Å². The van der Waals surface area contributed by atoms with Crippen molar-refractivity contribution in [3.8, 4) is 5.75 Å². The fourth-order valence-electron chi connectivity index (χ4n) is 5.64. The average molecular weight is 630 g/mol. The molecule has 1 unspecified atom stereocenters. The zero-order chi connectivity index (χ0) is 32.3. The number of nitrogens with zero attached hydrogens (tertiary/aromatic N) is 4. The van der Waals surface area contributed by atoms with Gasteiger partial charge in [0.05, 0.1) is 29.7 Å². The van der Waals surface area contributed by atoms with Crippen molar-refractivity contribution in [3.63, 3.8) is 0 Å². The van der Waals surface area contributed by atoms with Crippen molar-refractivity contribution in [1.82, 2.24) is 19.9 Å². The van der Waals surface area contributed by atoms with Crippen LogP contribution >= 0.6 is 0 Å². The third-order valence-electron chi connectivity index (χ3n) is 8.37. The van der Waals surface area contributed by atoms with Crippen LogP contribution in [-0.4, -0.2) is 63.3 Å². The summed E-state index contributed by atoms with van der Waals surface area (Å²) in [5.74, 6) is 1.10. The molecule has 3 N–H and O–H groups in total. The maximum Gasteiger partial charge on any atom is 0.255 e. The molecular formula is C34H43N7O3S. The summed E-state index contributed by atoms with van der Waals surface area (Å²) >= 11 is -1.33. The normalized spacial score (nSPS) is 15.1. The van der Waals surface area contributed by atoms with Gasteiger partial charge >= 0.3 is 0 Å². The van der Waals surface area contributed by atoms with E-state index in [1.807, 2.05) is 37.3 Å². The first-order chi connectivity index (χ1) is 21.5. The summed E-state index contributed by atoms with van der Waals surface area (Å²) in [5, 5.41) is 6.46. The average Bonchev–Trinajstić information content (AvgIpc) is 3.01. The minimum absolute atomic E-state index is 0.223. The number of carbonyl (C=O) groups excluding carboxylic acids is 1. The van der Waals surface area contributed by atoms with Gasteiger partial charge in [-0.15, -0.1) is 0 Å². The van der Waals surface area contributed by atoms with E-state index in [0.717, 1.165) is 60.5 Å². The molecule has 1 atom stereocenters. The number of hydrogen-bond acceptors (Lipinski definition) is 9. The minimum Gasteiger partial charge on any atom is -0.593 e. The maximum absolute atomic E-state index is 13.7. The predicted octanol–water partition coefficient (Wildman–Crippen LogP) is 6.54. The van der Waals surface area contributed by atoms with Crippen LogP contribution in [0.2, 0.25) is 0 Å². The van der Waals surface area contributed by atoms with Crippen LogP contribution < -0.4 is 20.1 Å². The van der Waals surface area contributed by atoms with Gasteiger partial charge in [0.1, 0.15) is 23.8 Å². The van der Waals surface area contributed by atoms with Gasteiger partial charge in [-0.25, -0.2) is 19.7 Å². The fraction of sp³-hybridized carbons (Fsp3) is 0.412. The highest BCUT2D eigenvalue weighted by molar-refractivity contribution is 7.92. The first kappa shape index (κ1) is 32.5. The van der Waals surface area contributed by atoms with Gasteiger partial charge in [0.2, 0.25) is 0 Å². The van der Waals surface area contributed by atoms with Crippen LogP contribution in [0.3, 0.4) is 0 Å². The SMILES string of the molecule is CCN1CCC(c2ccc3ncnc(Nc4cc(C(=O)Nc5cc(C(C)(C)C)cc(N[S+](C)[O-])c5OC)ccc4C)c3n2)CC1. The van der Waals surface area contributed by atoms with E-state index in [1.54, 1.807) is 12.3 Å². The summed E-state index contributed by atoms with van der Waals surface area (Å²) in [4.78, 5) is 30.2. The monoisotopic (exact) mass is 629 g/mol. The molecule has 2 aromatic heterocycles. The molecule has 10 nitrogen and oxygen atoms in total. The molecule has 4 aromatic rings. The van der Waals surface area contributed by atoms with Gasteiger partial charge in [0, 0.05) is 22.9 Å². The highest BCUT2D eigenvalue weighted by atomic mass is 32.2. The van der Waals surface area contributed by atoms with Crippen molar-refractivity contribution in [2.24, 2.45) is 0 Å². The molecule has 1 aliphatic rings. The summed E-state index contributed by atoms with van der Waals surface area (Å²) in [5.41, 5.74) is 6.44. The Hall–Kier alpha value is -3.93. The maximum atomic E-state index is 13.7. The van der Waals surface area contributed by atoms with Crippen LogP contribution in [0.4, 0.5) is 22.9 Å². The molecule has 3 heterocycles. The topological polar surface area (TPSA) is 127 Å². The van der Waals surface area contributed by atoms with E-state index in [-0.39, 0.29) is 11.3 Å². The molecule has 0 aliphatic carbocycles. The van der Waals surface area contributed by atoms with Gasteiger partial charge in [-0.05, 0) is 92.3 Å². The highest BCUT2D eigenvalue weighted by Crippen LogP contribution is 2.39. The van der Waals surface area contributed by atoms with Crippen LogP contribution in [-0.2, 0) is 16.8 Å². The fourth-order valence-corrected chi connectivity index (χ4v) is 6.11. The third kappa shape index (κ3) is 7.49. The van der Waals surface area contributed by atoms with Gasteiger partial charge in [-0.1, -0.05) is 33.8 Å². The van der Waals surface area contributed by atoms with E-state index < -0.39 is 11.4 Å². The number of aryl methyl sites for hydroxylation is 1. The molecule has 0 saturated carbocycles. The molecule has 11 heteroatoms. The molecule has 0 spiro atoms. The lowest BCUT2D eigenvalue weighted by Crippen LogP contribution is -2.32. The second-order valence-corrected chi connectivity index (χ2v) is 13.7. The lowest BCUT2D eigenvalue weighted by atomic mass is 9.86. The van der Waals surface area contributed by atoms with Crippen molar-refractivity contribution >= 4 is 51.2 Å². The highest BCUT2D eigenvalue weighted by Gasteiger charge is 2.24. The number of anilines is 4. The van der Waals surface area contributed by atoms with Crippen LogP contribution in [0.15, 0.2) is 48.8 Å². The largest absolute Gasteiger partial charge is 0.593 e. The van der Waals surface area contributed by atoms with Gasteiger partial charge in [0.15, 0.2) is 11.6 Å². The van der Waals surface area contributed by atoms with Crippen molar-refractivity contribution in [3.05, 3.63) is 71.2 Å². The molecule has 0 radical (unpaired) electrons. The van der Waals surface area contributed by atoms with E-state index in [1.165, 1.54) is 13.4 Å². The Morgan fingerprint density at radius 1 is 1.07 bits per heavy atom. The van der Waals surface area contributed by atoms with E-state index in [0.29, 0.717) is 39.9 Å². The third-order valence-corrected chi connectivity index (χ3v) is 8.88. The van der Waals surface area contributed by atoms with E-state index in [4.69, 9.17) is 9.72 Å². The Kier molecular flexibility index (Phi) is 9.81. The molecule has 1 fully saturated rings. The number of likely N-dealkylation sites (tertiary alicyclic amines) is 1. The Balaban J connectivity index is 1.43. The molecule has 0 bridgehead atoms. The molecule has 1 amide bonds. The lowest BCUT2D eigenvalue weighted by Gasteiger charge is -2.30. The number of pyridine rings is 1. The van der Waals surface area contributed by atoms with Gasteiger partial charge < -0.3 is 24.8 Å². The van der Waals surface area contributed by atoms with Crippen LogP contribution in [0, 0.1) is 6.92 Å². The summed E-state index contributed by atoms with van der Waals surface area (Å²) in [6.07, 6.45) is 5.24.